The molecule has 0 spiro atoms. The highest BCUT2D eigenvalue weighted by atomic mass is 32.2. The van der Waals surface area contributed by atoms with Crippen molar-refractivity contribution in [3.8, 4) is 0 Å². The van der Waals surface area contributed by atoms with Crippen LogP contribution in [0.5, 0.6) is 0 Å². The van der Waals surface area contributed by atoms with Gasteiger partial charge in [-0.1, -0.05) is 49.4 Å². The summed E-state index contributed by atoms with van der Waals surface area (Å²) in [4.78, 5) is 12.6. The van der Waals surface area contributed by atoms with Gasteiger partial charge in [0.25, 0.3) is 5.91 Å². The zero-order valence-corrected chi connectivity index (χ0v) is 16.4. The Kier molecular flexibility index (Phi) is 6.29. The molecule has 0 bridgehead atoms. The van der Waals surface area contributed by atoms with Crippen molar-refractivity contribution in [2.75, 3.05) is 13.1 Å². The third-order valence-electron chi connectivity index (χ3n) is 4.94. The van der Waals surface area contributed by atoms with Crippen molar-refractivity contribution in [2.24, 2.45) is 0 Å². The largest absolute Gasteiger partial charge is 0.345 e. The highest BCUT2D eigenvalue weighted by Crippen LogP contribution is 2.19. The molecular formula is C21H26N2O3S. The predicted molar refractivity (Wildman–Crippen MR) is 107 cm³/mol. The average molecular weight is 387 g/mol. The molecule has 2 aromatic carbocycles. The Hall–Kier alpha value is -2.18. The topological polar surface area (TPSA) is 66.5 Å². The Morgan fingerprint density at radius 1 is 1.04 bits per heavy atom. The molecule has 1 aliphatic rings. The maximum Gasteiger partial charge on any atom is 0.251 e. The number of nitrogens with zero attached hydrogens (tertiary/aromatic N) is 1. The Morgan fingerprint density at radius 3 is 2.26 bits per heavy atom. The van der Waals surface area contributed by atoms with E-state index < -0.39 is 10.0 Å². The van der Waals surface area contributed by atoms with Crippen molar-refractivity contribution >= 4 is 15.9 Å². The van der Waals surface area contributed by atoms with E-state index >= 15 is 0 Å². The molecule has 0 unspecified atom stereocenters. The van der Waals surface area contributed by atoms with Crippen LogP contribution in [0.2, 0.25) is 0 Å². The molecule has 1 fully saturated rings. The molecule has 5 nitrogen and oxygen atoms in total. The van der Waals surface area contributed by atoms with E-state index in [0.29, 0.717) is 24.2 Å². The summed E-state index contributed by atoms with van der Waals surface area (Å²) >= 11 is 0. The summed E-state index contributed by atoms with van der Waals surface area (Å²) in [5.41, 5.74) is 2.31. The van der Waals surface area contributed by atoms with E-state index in [-0.39, 0.29) is 17.7 Å². The van der Waals surface area contributed by atoms with Gasteiger partial charge in [-0.25, -0.2) is 12.7 Å². The molecule has 1 aliphatic heterocycles. The summed E-state index contributed by atoms with van der Waals surface area (Å²) < 4.78 is 26.4. The first-order valence-corrected chi connectivity index (χ1v) is 11.0. The van der Waals surface area contributed by atoms with Crippen molar-refractivity contribution in [1.82, 2.24) is 9.62 Å². The molecule has 3 rings (SSSR count). The molecule has 2 aromatic rings. The van der Waals surface area contributed by atoms with Crippen LogP contribution in [0, 0.1) is 0 Å². The van der Waals surface area contributed by atoms with Gasteiger partial charge in [0.05, 0.1) is 11.8 Å². The molecule has 27 heavy (non-hydrogen) atoms. The lowest BCUT2D eigenvalue weighted by atomic mass is 10.0. The molecule has 6 heteroatoms. The van der Waals surface area contributed by atoms with Gasteiger partial charge in [0.2, 0.25) is 10.0 Å². The second kappa shape index (κ2) is 8.67. The molecule has 1 amide bonds. The van der Waals surface area contributed by atoms with Crippen LogP contribution in [0.3, 0.4) is 0 Å². The highest BCUT2D eigenvalue weighted by Gasteiger charge is 2.25. The molecule has 1 heterocycles. The van der Waals surface area contributed by atoms with E-state index in [1.165, 1.54) is 0 Å². The zero-order chi connectivity index (χ0) is 19.3. The van der Waals surface area contributed by atoms with E-state index in [1.807, 2.05) is 37.3 Å². The zero-order valence-electron chi connectivity index (χ0n) is 15.6. The smallest absolute Gasteiger partial charge is 0.251 e. The molecule has 0 radical (unpaired) electrons. The van der Waals surface area contributed by atoms with E-state index in [4.69, 9.17) is 0 Å². The number of carbonyl (C=O) groups is 1. The van der Waals surface area contributed by atoms with Crippen LogP contribution in [-0.2, 0) is 15.8 Å². The highest BCUT2D eigenvalue weighted by molar-refractivity contribution is 7.88. The minimum atomic E-state index is -3.27. The third-order valence-corrected chi connectivity index (χ3v) is 6.79. The molecule has 1 atom stereocenters. The van der Waals surface area contributed by atoms with Gasteiger partial charge in [0.1, 0.15) is 0 Å². The van der Waals surface area contributed by atoms with E-state index in [1.54, 1.807) is 28.6 Å². The van der Waals surface area contributed by atoms with Crippen molar-refractivity contribution in [3.05, 3.63) is 71.3 Å². The van der Waals surface area contributed by atoms with Gasteiger partial charge in [0, 0.05) is 18.7 Å². The summed E-state index contributed by atoms with van der Waals surface area (Å²) in [5, 5.41) is 3.05. The van der Waals surface area contributed by atoms with Crippen molar-refractivity contribution in [1.29, 1.82) is 0 Å². The van der Waals surface area contributed by atoms with E-state index in [2.05, 4.69) is 5.32 Å². The second-order valence-corrected chi connectivity index (χ2v) is 8.87. The number of hydrogen-bond donors (Lipinski definition) is 1. The summed E-state index contributed by atoms with van der Waals surface area (Å²) in [7, 11) is -3.27. The molecule has 144 valence electrons. The first kappa shape index (κ1) is 19.6. The van der Waals surface area contributed by atoms with Crippen molar-refractivity contribution in [2.45, 2.75) is 38.0 Å². The molecule has 1 saturated heterocycles. The lowest BCUT2D eigenvalue weighted by Crippen LogP contribution is -2.29. The number of hydrogen-bond acceptors (Lipinski definition) is 3. The van der Waals surface area contributed by atoms with Gasteiger partial charge in [-0.05, 0) is 42.5 Å². The quantitative estimate of drug-likeness (QED) is 0.792. The molecule has 0 aromatic heterocycles. The van der Waals surface area contributed by atoms with E-state index in [0.717, 1.165) is 24.8 Å². The maximum atomic E-state index is 12.6. The van der Waals surface area contributed by atoms with Crippen LogP contribution in [-0.4, -0.2) is 31.7 Å². The number of sulfonamides is 1. The van der Waals surface area contributed by atoms with Crippen LogP contribution < -0.4 is 5.32 Å². The first-order chi connectivity index (χ1) is 13.0. The summed E-state index contributed by atoms with van der Waals surface area (Å²) in [6.45, 7) is 3.26. The van der Waals surface area contributed by atoms with E-state index in [9.17, 15) is 13.2 Å². The predicted octanol–water partition coefficient (Wildman–Crippen LogP) is 3.49. The Bertz CT molecular complexity index is 858. The van der Waals surface area contributed by atoms with Crippen LogP contribution in [0.25, 0.3) is 0 Å². The molecule has 0 aliphatic carbocycles. The van der Waals surface area contributed by atoms with Crippen molar-refractivity contribution in [3.63, 3.8) is 0 Å². The van der Waals surface area contributed by atoms with Crippen molar-refractivity contribution < 1.29 is 13.2 Å². The Labute approximate surface area is 161 Å². The fourth-order valence-corrected chi connectivity index (χ4v) is 4.98. The summed E-state index contributed by atoms with van der Waals surface area (Å²) in [6, 6.07) is 16.7. The second-order valence-electron chi connectivity index (χ2n) is 6.90. The Balaban J connectivity index is 1.65. The fraction of sp³-hybridized carbons (Fsp3) is 0.381. The third kappa shape index (κ3) is 4.96. The monoisotopic (exact) mass is 386 g/mol. The molecular weight excluding hydrogens is 360 g/mol. The first-order valence-electron chi connectivity index (χ1n) is 9.42. The van der Waals surface area contributed by atoms with Gasteiger partial charge in [0.15, 0.2) is 0 Å². The molecule has 1 N–H and O–H groups in total. The standard InChI is InChI=1S/C21H26N2O3S/c1-2-20(18-8-4-3-5-9-18)22-21(24)19-12-10-17(11-13-19)16-27(25,26)23-14-6-7-15-23/h3-5,8-13,20H,2,6-7,14-16H2,1H3,(H,22,24)/t20-/m1/s1. The van der Waals surface area contributed by atoms with Crippen LogP contribution in [0.1, 0.15) is 53.7 Å². The number of carbonyl (C=O) groups excluding carboxylic acids is 1. The lowest BCUT2D eigenvalue weighted by molar-refractivity contribution is 0.0935. The van der Waals surface area contributed by atoms with Gasteiger partial charge in [-0.2, -0.15) is 0 Å². The van der Waals surface area contributed by atoms with Gasteiger partial charge in [-0.15, -0.1) is 0 Å². The van der Waals surface area contributed by atoms with Gasteiger partial charge < -0.3 is 5.32 Å². The van der Waals surface area contributed by atoms with Gasteiger partial charge in [-0.3, -0.25) is 4.79 Å². The van der Waals surface area contributed by atoms with Crippen LogP contribution in [0.4, 0.5) is 0 Å². The number of nitrogens with one attached hydrogen (secondary N) is 1. The number of rotatable bonds is 7. The minimum absolute atomic E-state index is 0.0174. The lowest BCUT2D eigenvalue weighted by Gasteiger charge is -2.18. The summed E-state index contributed by atoms with van der Waals surface area (Å²) in [5.74, 6) is -0.170. The Morgan fingerprint density at radius 2 is 1.67 bits per heavy atom. The fourth-order valence-electron chi connectivity index (χ4n) is 3.37. The minimum Gasteiger partial charge on any atom is -0.345 e. The normalized spacial score (nSPS) is 16.2. The van der Waals surface area contributed by atoms with Crippen LogP contribution >= 0.6 is 0 Å². The van der Waals surface area contributed by atoms with Gasteiger partial charge >= 0.3 is 0 Å². The average Bonchev–Trinajstić information content (AvgIpc) is 3.23. The number of benzene rings is 2. The summed E-state index contributed by atoms with van der Waals surface area (Å²) in [6.07, 6.45) is 2.65. The maximum absolute atomic E-state index is 12.6. The van der Waals surface area contributed by atoms with Crippen LogP contribution in [0.15, 0.2) is 54.6 Å². The SMILES string of the molecule is CC[C@@H](NC(=O)c1ccc(CS(=O)(=O)N2CCCC2)cc1)c1ccccc1. The number of amides is 1. The molecule has 0 saturated carbocycles.